The number of amides is 3. The summed E-state index contributed by atoms with van der Waals surface area (Å²) in [6.45, 7) is 9.07. The zero-order valence-corrected chi connectivity index (χ0v) is 23.1. The van der Waals surface area contributed by atoms with E-state index < -0.39 is 28.8 Å². The molecular formula is C28H40ClN3O5. The highest BCUT2D eigenvalue weighted by Crippen LogP contribution is 2.47. The van der Waals surface area contributed by atoms with Crippen LogP contribution in [0.25, 0.3) is 0 Å². The maximum absolute atomic E-state index is 13.7. The molecule has 1 aliphatic carbocycles. The molecule has 2 unspecified atom stereocenters. The van der Waals surface area contributed by atoms with Gasteiger partial charge in [0.1, 0.15) is 11.6 Å². The first-order valence-electron chi connectivity index (χ1n) is 13.4. The maximum atomic E-state index is 13.7. The molecule has 204 valence electrons. The third kappa shape index (κ3) is 5.46. The van der Waals surface area contributed by atoms with Crippen LogP contribution in [0.1, 0.15) is 71.8 Å². The van der Waals surface area contributed by atoms with E-state index in [1.807, 2.05) is 39.8 Å². The number of nitrogens with one attached hydrogen (secondary N) is 2. The summed E-state index contributed by atoms with van der Waals surface area (Å²) >= 11 is 6.05. The van der Waals surface area contributed by atoms with Crippen LogP contribution in [0.15, 0.2) is 24.3 Å². The van der Waals surface area contributed by atoms with Crippen LogP contribution < -0.4 is 10.6 Å². The largest absolute Gasteiger partial charge is 0.443 e. The summed E-state index contributed by atoms with van der Waals surface area (Å²) in [7, 11) is 0. The molecular weight excluding hydrogens is 494 g/mol. The average molecular weight is 534 g/mol. The van der Waals surface area contributed by atoms with Crippen LogP contribution in [0.3, 0.4) is 0 Å². The minimum Gasteiger partial charge on any atom is -0.443 e. The Kier molecular flexibility index (Phi) is 7.82. The molecule has 1 saturated carbocycles. The van der Waals surface area contributed by atoms with E-state index in [0.717, 1.165) is 24.8 Å². The van der Waals surface area contributed by atoms with E-state index in [4.69, 9.17) is 16.3 Å². The van der Waals surface area contributed by atoms with Gasteiger partial charge in [-0.2, -0.15) is 0 Å². The van der Waals surface area contributed by atoms with E-state index in [0.29, 0.717) is 37.5 Å². The van der Waals surface area contributed by atoms with Crippen molar-refractivity contribution >= 4 is 29.5 Å². The average Bonchev–Trinajstić information content (AvgIpc) is 3.19. The molecule has 0 radical (unpaired) electrons. The van der Waals surface area contributed by atoms with Crippen molar-refractivity contribution in [1.82, 2.24) is 15.5 Å². The first kappa shape index (κ1) is 27.7. The fourth-order valence-electron chi connectivity index (χ4n) is 6.45. The summed E-state index contributed by atoms with van der Waals surface area (Å²) in [4.78, 5) is 40.5. The van der Waals surface area contributed by atoms with Crippen LogP contribution in [-0.2, 0) is 19.9 Å². The van der Waals surface area contributed by atoms with Gasteiger partial charge in [0.2, 0.25) is 11.8 Å². The molecule has 3 N–H and O–H groups in total. The highest BCUT2D eigenvalue weighted by molar-refractivity contribution is 6.30. The minimum atomic E-state index is -1.10. The van der Waals surface area contributed by atoms with Gasteiger partial charge in [-0.1, -0.05) is 51.4 Å². The standard InChI is InChI=1S/C28H40ClN3O5/c1-18(2)23(31-22(33)16-20-6-5-11-27(20)12-14-30-25(35)37-27)24(34)32-15-13-28(36,26(3,4)17-32)19-7-9-21(29)10-8-19/h7-10,18,20,23,36H,5-6,11-17H2,1-4H3,(H,30,35)(H,31,33)/t20?,23-,27?,28+/m1/s1. The molecule has 3 amide bonds. The number of carbonyl (C=O) groups excluding carboxylic acids is 3. The molecule has 0 aromatic heterocycles. The molecule has 9 heteroatoms. The Hall–Kier alpha value is -2.32. The molecule has 2 saturated heterocycles. The lowest BCUT2D eigenvalue weighted by molar-refractivity contribution is -0.157. The number of rotatable bonds is 6. The van der Waals surface area contributed by atoms with Crippen molar-refractivity contribution in [3.05, 3.63) is 34.9 Å². The van der Waals surface area contributed by atoms with Gasteiger partial charge >= 0.3 is 6.09 Å². The van der Waals surface area contributed by atoms with Crippen LogP contribution in [0.2, 0.25) is 5.02 Å². The van der Waals surface area contributed by atoms with Crippen LogP contribution in [0.5, 0.6) is 0 Å². The Bertz CT molecular complexity index is 1030. The van der Waals surface area contributed by atoms with Crippen LogP contribution in [0.4, 0.5) is 4.79 Å². The minimum absolute atomic E-state index is 0.0511. The highest BCUT2D eigenvalue weighted by atomic mass is 35.5. The summed E-state index contributed by atoms with van der Waals surface area (Å²) < 4.78 is 5.69. The van der Waals surface area contributed by atoms with Gasteiger partial charge < -0.3 is 25.4 Å². The van der Waals surface area contributed by atoms with E-state index in [2.05, 4.69) is 10.6 Å². The molecule has 37 heavy (non-hydrogen) atoms. The smallest absolute Gasteiger partial charge is 0.407 e. The SMILES string of the molecule is CC(C)[C@@H](NC(=O)CC1CCCC12CCNC(=O)O2)C(=O)N1CC[C@](O)(c2ccc(Cl)cc2)C(C)(C)C1. The van der Waals surface area contributed by atoms with E-state index in [9.17, 15) is 19.5 Å². The van der Waals surface area contributed by atoms with Crippen LogP contribution in [0, 0.1) is 17.3 Å². The fraction of sp³-hybridized carbons (Fsp3) is 0.679. The van der Waals surface area contributed by atoms with Gasteiger partial charge in [0.15, 0.2) is 0 Å². The number of halogens is 1. The Labute approximate surface area is 224 Å². The van der Waals surface area contributed by atoms with E-state index >= 15 is 0 Å². The molecule has 0 bridgehead atoms. The van der Waals surface area contributed by atoms with Gasteiger partial charge in [0.25, 0.3) is 0 Å². The summed E-state index contributed by atoms with van der Waals surface area (Å²) in [5.41, 5.74) is -1.52. The molecule has 2 aliphatic heterocycles. The van der Waals surface area contributed by atoms with Gasteiger partial charge in [-0.05, 0) is 49.3 Å². The normalized spacial score (nSPS) is 30.1. The maximum Gasteiger partial charge on any atom is 0.407 e. The Balaban J connectivity index is 1.42. The van der Waals surface area contributed by atoms with E-state index in [1.54, 1.807) is 17.0 Å². The van der Waals surface area contributed by atoms with Crippen molar-refractivity contribution in [3.8, 4) is 0 Å². The number of aliphatic hydroxyl groups is 1. The molecule has 3 aliphatic rings. The third-order valence-electron chi connectivity index (χ3n) is 8.77. The molecule has 1 aromatic rings. The number of hydrogen-bond acceptors (Lipinski definition) is 5. The lowest BCUT2D eigenvalue weighted by Gasteiger charge is -2.51. The molecule has 1 spiro atoms. The number of piperidine rings is 1. The second kappa shape index (κ2) is 10.4. The van der Waals surface area contributed by atoms with Gasteiger partial charge in [-0.3, -0.25) is 9.59 Å². The fourth-order valence-corrected chi connectivity index (χ4v) is 6.58. The number of ether oxygens (including phenoxy) is 1. The van der Waals surface area contributed by atoms with Crippen molar-refractivity contribution in [3.63, 3.8) is 0 Å². The van der Waals surface area contributed by atoms with E-state index in [-0.39, 0.29) is 30.1 Å². The topological polar surface area (TPSA) is 108 Å². The number of alkyl carbamates (subject to hydrolysis) is 1. The van der Waals surface area contributed by atoms with Crippen LogP contribution in [-0.4, -0.2) is 59.2 Å². The Morgan fingerprint density at radius 2 is 1.92 bits per heavy atom. The molecule has 3 fully saturated rings. The van der Waals surface area contributed by atoms with Crippen molar-refractivity contribution in [1.29, 1.82) is 0 Å². The highest BCUT2D eigenvalue weighted by Gasteiger charge is 2.51. The summed E-state index contributed by atoms with van der Waals surface area (Å²) in [5, 5.41) is 18.0. The Morgan fingerprint density at radius 3 is 2.54 bits per heavy atom. The lowest BCUT2D eigenvalue weighted by Crippen LogP contribution is -2.60. The second-order valence-electron chi connectivity index (χ2n) is 12.0. The number of hydrogen-bond donors (Lipinski definition) is 3. The van der Waals surface area contributed by atoms with Crippen molar-refractivity contribution in [2.24, 2.45) is 17.3 Å². The van der Waals surface area contributed by atoms with Gasteiger partial charge in [0.05, 0.1) is 5.60 Å². The van der Waals surface area contributed by atoms with Gasteiger partial charge in [-0.25, -0.2) is 4.79 Å². The molecule has 1 aromatic carbocycles. The van der Waals surface area contributed by atoms with Crippen molar-refractivity contribution in [2.75, 3.05) is 19.6 Å². The first-order chi connectivity index (χ1) is 17.4. The lowest BCUT2D eigenvalue weighted by atomic mass is 9.66. The molecule has 4 atom stereocenters. The van der Waals surface area contributed by atoms with Gasteiger partial charge in [-0.15, -0.1) is 0 Å². The second-order valence-corrected chi connectivity index (χ2v) is 12.4. The number of benzene rings is 1. The predicted molar refractivity (Wildman–Crippen MR) is 141 cm³/mol. The first-order valence-corrected chi connectivity index (χ1v) is 13.8. The third-order valence-corrected chi connectivity index (χ3v) is 9.03. The number of nitrogens with zero attached hydrogens (tertiary/aromatic N) is 1. The van der Waals surface area contributed by atoms with E-state index in [1.165, 1.54) is 0 Å². The monoisotopic (exact) mass is 533 g/mol. The molecule has 8 nitrogen and oxygen atoms in total. The summed E-state index contributed by atoms with van der Waals surface area (Å²) in [6, 6.07) is 6.55. The van der Waals surface area contributed by atoms with Crippen molar-refractivity contribution < 1.29 is 24.2 Å². The van der Waals surface area contributed by atoms with Crippen LogP contribution >= 0.6 is 11.6 Å². The zero-order valence-electron chi connectivity index (χ0n) is 22.3. The quantitative estimate of drug-likeness (QED) is 0.512. The predicted octanol–water partition coefficient (Wildman–Crippen LogP) is 3.99. The summed E-state index contributed by atoms with van der Waals surface area (Å²) in [5.74, 6) is -0.485. The number of carbonyl (C=O) groups is 3. The number of likely N-dealkylation sites (tertiary alicyclic amines) is 1. The molecule has 2 heterocycles. The zero-order chi connectivity index (χ0) is 27.0. The van der Waals surface area contributed by atoms with Crippen molar-refractivity contribution in [2.45, 2.75) is 83.5 Å². The molecule has 4 rings (SSSR count). The van der Waals surface area contributed by atoms with Gasteiger partial charge in [0, 0.05) is 48.8 Å². The Morgan fingerprint density at radius 1 is 1.22 bits per heavy atom. The summed E-state index contributed by atoms with van der Waals surface area (Å²) in [6.07, 6.45) is 3.40.